The lowest BCUT2D eigenvalue weighted by molar-refractivity contribution is -0.128. The number of allylic oxidation sites excluding steroid dienone is 2. The molecule has 0 spiro atoms. The molecule has 0 saturated heterocycles. The van der Waals surface area contributed by atoms with E-state index in [1.165, 1.54) is 0 Å². The average Bonchev–Trinajstić information content (AvgIpc) is 2.54. The summed E-state index contributed by atoms with van der Waals surface area (Å²) in [5.74, 6) is 0.638. The Morgan fingerprint density at radius 3 is 2.70 bits per heavy atom. The number of nitriles is 1. The molecular formula is C19H25NO3. The van der Waals surface area contributed by atoms with Crippen LogP contribution in [-0.2, 0) is 9.59 Å². The van der Waals surface area contributed by atoms with Crippen LogP contribution in [0.4, 0.5) is 0 Å². The normalized spacial score (nSPS) is 43.3. The van der Waals surface area contributed by atoms with Crippen LogP contribution < -0.4 is 0 Å². The maximum Gasteiger partial charge on any atom is 0.197 e. The van der Waals surface area contributed by atoms with Crippen LogP contribution in [-0.4, -0.2) is 17.2 Å². The molecule has 0 amide bonds. The highest BCUT2D eigenvalue weighted by atomic mass is 16.3. The van der Waals surface area contributed by atoms with Gasteiger partial charge in [0.1, 0.15) is 6.29 Å². The van der Waals surface area contributed by atoms with Crippen LogP contribution in [0.1, 0.15) is 58.8 Å². The Hall–Kier alpha value is -1.63. The number of Topliss-reactive ketones (excluding diaryl/α,β-unsaturated/α-hetero) is 1. The van der Waals surface area contributed by atoms with Crippen LogP contribution in [0.15, 0.2) is 11.3 Å². The first-order valence-electron chi connectivity index (χ1n) is 8.66. The van der Waals surface area contributed by atoms with Crippen molar-refractivity contribution in [3.63, 3.8) is 0 Å². The van der Waals surface area contributed by atoms with E-state index in [9.17, 15) is 20.0 Å². The lowest BCUT2D eigenvalue weighted by Gasteiger charge is -2.57. The highest BCUT2D eigenvalue weighted by molar-refractivity contribution is 5.95. The van der Waals surface area contributed by atoms with Crippen molar-refractivity contribution in [1.82, 2.24) is 0 Å². The summed E-state index contributed by atoms with van der Waals surface area (Å²) in [5.41, 5.74) is 0.361. The van der Waals surface area contributed by atoms with E-state index in [-0.39, 0.29) is 22.9 Å². The molecule has 0 heterocycles. The molecule has 0 aromatic rings. The van der Waals surface area contributed by atoms with Crippen LogP contribution in [0, 0.1) is 39.9 Å². The Bertz CT molecular complexity index is 617. The van der Waals surface area contributed by atoms with E-state index in [0.29, 0.717) is 31.1 Å². The highest BCUT2D eigenvalue weighted by Gasteiger charge is 2.56. The van der Waals surface area contributed by atoms with E-state index in [1.807, 2.05) is 6.92 Å². The van der Waals surface area contributed by atoms with Gasteiger partial charge in [-0.25, -0.2) is 0 Å². The second-order valence-corrected chi connectivity index (χ2v) is 8.11. The first-order valence-corrected chi connectivity index (χ1v) is 8.66. The van der Waals surface area contributed by atoms with Crippen LogP contribution in [0.3, 0.4) is 0 Å². The van der Waals surface area contributed by atoms with E-state index >= 15 is 0 Å². The standard InChI is InChI=1S/C19H25NO3/c1-18(11-21)8-5-14-12(13(18)7-10-20)3-4-15-17(23)16(22)6-9-19(14,15)2/h11-14,23H,3-9H2,1-2H3/t12?,13?,14?,18-,19-/m1/s1. The third-order valence-corrected chi connectivity index (χ3v) is 7.11. The van der Waals surface area contributed by atoms with Crippen molar-refractivity contribution in [3.05, 3.63) is 11.3 Å². The maximum absolute atomic E-state index is 11.9. The van der Waals surface area contributed by atoms with Crippen LogP contribution in [0.25, 0.3) is 0 Å². The number of aliphatic hydroxyl groups excluding tert-OH is 1. The molecule has 5 atom stereocenters. The molecule has 0 aromatic heterocycles. The molecule has 3 aliphatic carbocycles. The van der Waals surface area contributed by atoms with Gasteiger partial charge < -0.3 is 9.90 Å². The van der Waals surface area contributed by atoms with E-state index in [1.54, 1.807) is 0 Å². The van der Waals surface area contributed by atoms with Gasteiger partial charge in [-0.15, -0.1) is 0 Å². The average molecular weight is 315 g/mol. The number of ketones is 1. The zero-order valence-electron chi connectivity index (χ0n) is 14.0. The zero-order chi connectivity index (χ0) is 16.8. The number of rotatable bonds is 2. The van der Waals surface area contributed by atoms with Gasteiger partial charge in [0.15, 0.2) is 11.5 Å². The Labute approximate surface area is 137 Å². The summed E-state index contributed by atoms with van der Waals surface area (Å²) >= 11 is 0. The number of aliphatic hydroxyl groups is 1. The minimum atomic E-state index is -0.416. The highest BCUT2D eigenvalue weighted by Crippen LogP contribution is 2.62. The Morgan fingerprint density at radius 1 is 1.30 bits per heavy atom. The number of hydrogen-bond donors (Lipinski definition) is 1. The number of carbonyl (C=O) groups is 2. The van der Waals surface area contributed by atoms with Gasteiger partial charge in [-0.1, -0.05) is 13.8 Å². The zero-order valence-corrected chi connectivity index (χ0v) is 14.0. The summed E-state index contributed by atoms with van der Waals surface area (Å²) in [6.07, 6.45) is 5.96. The van der Waals surface area contributed by atoms with Crippen LogP contribution in [0.5, 0.6) is 0 Å². The molecule has 0 aromatic carbocycles. The molecule has 0 bridgehead atoms. The molecule has 3 aliphatic rings. The molecule has 4 heteroatoms. The Morgan fingerprint density at radius 2 is 2.04 bits per heavy atom. The van der Waals surface area contributed by atoms with Crippen molar-refractivity contribution in [3.8, 4) is 6.07 Å². The number of hydrogen-bond acceptors (Lipinski definition) is 4. The molecule has 3 unspecified atom stereocenters. The molecule has 0 aliphatic heterocycles. The van der Waals surface area contributed by atoms with Gasteiger partial charge >= 0.3 is 0 Å². The topological polar surface area (TPSA) is 78.2 Å². The van der Waals surface area contributed by atoms with Gasteiger partial charge in [-0.3, -0.25) is 4.79 Å². The fourth-order valence-electron chi connectivity index (χ4n) is 5.66. The van der Waals surface area contributed by atoms with Crippen LogP contribution in [0.2, 0.25) is 0 Å². The number of fused-ring (bicyclic) bond motifs is 3. The first-order chi connectivity index (χ1) is 10.9. The van der Waals surface area contributed by atoms with Gasteiger partial charge in [0.05, 0.1) is 6.07 Å². The molecule has 1 N–H and O–H groups in total. The smallest absolute Gasteiger partial charge is 0.197 e. The largest absolute Gasteiger partial charge is 0.504 e. The number of nitrogens with zero attached hydrogens (tertiary/aromatic N) is 1. The van der Waals surface area contributed by atoms with Gasteiger partial charge in [0.2, 0.25) is 0 Å². The third-order valence-electron chi connectivity index (χ3n) is 7.11. The maximum atomic E-state index is 11.9. The van der Waals surface area contributed by atoms with Crippen LogP contribution >= 0.6 is 0 Å². The number of carbonyl (C=O) groups excluding carboxylic acids is 2. The summed E-state index contributed by atoms with van der Waals surface area (Å²) in [6, 6.07) is 2.29. The van der Waals surface area contributed by atoms with Crippen molar-refractivity contribution >= 4 is 12.1 Å². The van der Waals surface area contributed by atoms with E-state index in [2.05, 4.69) is 13.0 Å². The molecule has 4 nitrogen and oxygen atoms in total. The molecule has 2 fully saturated rings. The summed E-state index contributed by atoms with van der Waals surface area (Å²) in [6.45, 7) is 4.17. The molecule has 3 rings (SSSR count). The predicted octanol–water partition coefficient (Wildman–Crippen LogP) is 3.72. The predicted molar refractivity (Wildman–Crippen MR) is 85.3 cm³/mol. The van der Waals surface area contributed by atoms with Crippen molar-refractivity contribution in [2.24, 2.45) is 28.6 Å². The molecule has 2 saturated carbocycles. The summed E-state index contributed by atoms with van der Waals surface area (Å²) in [7, 11) is 0. The summed E-state index contributed by atoms with van der Waals surface area (Å²) < 4.78 is 0. The molecule has 124 valence electrons. The van der Waals surface area contributed by atoms with Gasteiger partial charge in [0, 0.05) is 18.3 Å². The lowest BCUT2D eigenvalue weighted by atomic mass is 9.46. The van der Waals surface area contributed by atoms with Gasteiger partial charge in [0.25, 0.3) is 0 Å². The fourth-order valence-corrected chi connectivity index (χ4v) is 5.66. The minimum absolute atomic E-state index is 0.00208. The third kappa shape index (κ3) is 2.24. The van der Waals surface area contributed by atoms with E-state index < -0.39 is 5.41 Å². The van der Waals surface area contributed by atoms with Crippen molar-refractivity contribution in [2.45, 2.75) is 58.8 Å². The summed E-state index contributed by atoms with van der Waals surface area (Å²) in [5, 5.41) is 19.5. The minimum Gasteiger partial charge on any atom is -0.504 e. The second-order valence-electron chi connectivity index (χ2n) is 8.11. The van der Waals surface area contributed by atoms with Crippen molar-refractivity contribution in [2.75, 3.05) is 0 Å². The Kier molecular flexibility index (Phi) is 3.86. The molecule has 0 radical (unpaired) electrons. The van der Waals surface area contributed by atoms with E-state index in [0.717, 1.165) is 37.5 Å². The quantitative estimate of drug-likeness (QED) is 0.788. The van der Waals surface area contributed by atoms with Gasteiger partial charge in [-0.05, 0) is 60.8 Å². The SMILES string of the molecule is C[C@]1(C=O)CCC2C(CCC3=C(O)C(=O)CC[C@@]32C)C1CC#N. The fraction of sp³-hybridized carbons (Fsp3) is 0.737. The van der Waals surface area contributed by atoms with Crippen molar-refractivity contribution < 1.29 is 14.7 Å². The Balaban J connectivity index is 2.01. The second kappa shape index (κ2) is 5.47. The van der Waals surface area contributed by atoms with Crippen molar-refractivity contribution in [1.29, 1.82) is 5.26 Å². The molecular weight excluding hydrogens is 290 g/mol. The lowest BCUT2D eigenvalue weighted by Crippen LogP contribution is -2.51. The summed E-state index contributed by atoms with van der Waals surface area (Å²) in [4.78, 5) is 23.6. The first kappa shape index (κ1) is 16.2. The van der Waals surface area contributed by atoms with Gasteiger partial charge in [-0.2, -0.15) is 5.26 Å². The monoisotopic (exact) mass is 315 g/mol. The molecule has 23 heavy (non-hydrogen) atoms. The van der Waals surface area contributed by atoms with E-state index in [4.69, 9.17) is 0 Å². The number of aldehydes is 1.